The second kappa shape index (κ2) is 5.32. The van der Waals surface area contributed by atoms with Crippen LogP contribution in [0.3, 0.4) is 0 Å². The van der Waals surface area contributed by atoms with Gasteiger partial charge in [-0.2, -0.15) is 0 Å². The number of thiophene rings is 1. The summed E-state index contributed by atoms with van der Waals surface area (Å²) in [4.78, 5) is 14.6. The van der Waals surface area contributed by atoms with Gasteiger partial charge in [0.1, 0.15) is 0 Å². The summed E-state index contributed by atoms with van der Waals surface area (Å²) >= 11 is 7.60. The molecule has 0 spiro atoms. The molecule has 0 amide bonds. The fraction of sp³-hybridized carbons (Fsp3) is 0.643. The second-order valence-electron chi connectivity index (χ2n) is 5.65. The Kier molecular flexibility index (Phi) is 4.15. The molecular formula is C14H20ClNOS. The third kappa shape index (κ3) is 2.63. The predicted molar refractivity (Wildman–Crippen MR) is 77.8 cm³/mol. The Morgan fingerprint density at radius 2 is 2.33 bits per heavy atom. The number of Topliss-reactive ketones (excluding diaryl/α,β-unsaturated/α-hetero) is 1. The predicted octanol–water partition coefficient (Wildman–Crippen LogP) is 3.92. The van der Waals surface area contributed by atoms with E-state index >= 15 is 0 Å². The Hall–Kier alpha value is -0.380. The first-order valence-electron chi connectivity index (χ1n) is 6.46. The van der Waals surface area contributed by atoms with Crippen LogP contribution in [0.2, 0.25) is 5.02 Å². The summed E-state index contributed by atoms with van der Waals surface area (Å²) in [7, 11) is 0. The van der Waals surface area contributed by atoms with Gasteiger partial charge in [-0.1, -0.05) is 25.4 Å². The summed E-state index contributed by atoms with van der Waals surface area (Å²) in [6.07, 6.45) is 1.89. The average molecular weight is 286 g/mol. The highest BCUT2D eigenvalue weighted by molar-refractivity contribution is 7.14. The topological polar surface area (TPSA) is 29.1 Å². The molecule has 0 aliphatic carbocycles. The molecule has 1 N–H and O–H groups in total. The smallest absolute Gasteiger partial charge is 0.180 e. The minimum atomic E-state index is -0.214. The summed E-state index contributed by atoms with van der Waals surface area (Å²) < 4.78 is 0. The quantitative estimate of drug-likeness (QED) is 0.850. The van der Waals surface area contributed by atoms with Crippen LogP contribution >= 0.6 is 22.9 Å². The van der Waals surface area contributed by atoms with E-state index in [1.807, 2.05) is 13.0 Å². The Morgan fingerprint density at radius 1 is 1.61 bits per heavy atom. The van der Waals surface area contributed by atoms with E-state index in [0.717, 1.165) is 35.7 Å². The summed E-state index contributed by atoms with van der Waals surface area (Å²) in [5.41, 5.74) is -0.214. The molecule has 1 atom stereocenters. The highest BCUT2D eigenvalue weighted by atomic mass is 35.5. The molecule has 0 aromatic carbocycles. The van der Waals surface area contributed by atoms with Crippen LogP contribution in [0.1, 0.15) is 41.2 Å². The molecular weight excluding hydrogens is 266 g/mol. The van der Waals surface area contributed by atoms with E-state index in [1.54, 1.807) is 0 Å². The average Bonchev–Trinajstić information content (AvgIpc) is 2.86. The van der Waals surface area contributed by atoms with Crippen LogP contribution < -0.4 is 5.32 Å². The number of ketones is 1. The fourth-order valence-electron chi connectivity index (χ4n) is 2.82. The molecule has 4 heteroatoms. The SMILES string of the molecule is Cc1sc(C(=O)C2(CC(C)C)CCNC2)cc1Cl. The first-order chi connectivity index (χ1) is 8.44. The van der Waals surface area contributed by atoms with Gasteiger partial charge >= 0.3 is 0 Å². The molecule has 1 aromatic rings. The van der Waals surface area contributed by atoms with E-state index < -0.39 is 0 Å². The van der Waals surface area contributed by atoms with Crippen molar-refractivity contribution < 1.29 is 4.79 Å². The number of rotatable bonds is 4. The minimum absolute atomic E-state index is 0.214. The van der Waals surface area contributed by atoms with E-state index in [4.69, 9.17) is 11.6 Å². The third-order valence-electron chi connectivity index (χ3n) is 3.61. The third-order valence-corrected chi connectivity index (χ3v) is 5.16. The zero-order valence-electron chi connectivity index (χ0n) is 11.2. The Morgan fingerprint density at radius 3 is 2.78 bits per heavy atom. The van der Waals surface area contributed by atoms with Gasteiger partial charge in [-0.15, -0.1) is 11.3 Å². The van der Waals surface area contributed by atoms with E-state index in [2.05, 4.69) is 19.2 Å². The van der Waals surface area contributed by atoms with Crippen LogP contribution in [0.4, 0.5) is 0 Å². The van der Waals surface area contributed by atoms with Crippen molar-refractivity contribution >= 4 is 28.7 Å². The van der Waals surface area contributed by atoms with Crippen molar-refractivity contribution in [2.24, 2.45) is 11.3 Å². The first-order valence-corrected chi connectivity index (χ1v) is 7.65. The van der Waals surface area contributed by atoms with Crippen molar-refractivity contribution in [1.29, 1.82) is 0 Å². The lowest BCUT2D eigenvalue weighted by Crippen LogP contribution is -2.34. The van der Waals surface area contributed by atoms with Gasteiger partial charge in [0.25, 0.3) is 0 Å². The van der Waals surface area contributed by atoms with Crippen molar-refractivity contribution in [2.75, 3.05) is 13.1 Å². The molecule has 1 unspecified atom stereocenters. The van der Waals surface area contributed by atoms with E-state index in [1.165, 1.54) is 11.3 Å². The molecule has 100 valence electrons. The van der Waals surface area contributed by atoms with Gasteiger partial charge < -0.3 is 5.32 Å². The molecule has 1 aromatic heterocycles. The summed E-state index contributed by atoms with van der Waals surface area (Å²) in [5, 5.41) is 4.06. The molecule has 1 aliphatic heterocycles. The lowest BCUT2D eigenvalue weighted by atomic mass is 9.75. The van der Waals surface area contributed by atoms with Crippen molar-refractivity contribution in [3.05, 3.63) is 20.8 Å². The van der Waals surface area contributed by atoms with Crippen LogP contribution in [0.5, 0.6) is 0 Å². The van der Waals surface area contributed by atoms with E-state index in [-0.39, 0.29) is 11.2 Å². The van der Waals surface area contributed by atoms with E-state index in [0.29, 0.717) is 10.9 Å². The molecule has 0 saturated carbocycles. The van der Waals surface area contributed by atoms with Crippen molar-refractivity contribution in [2.45, 2.75) is 33.6 Å². The van der Waals surface area contributed by atoms with Gasteiger partial charge in [0, 0.05) is 16.8 Å². The molecule has 1 fully saturated rings. The van der Waals surface area contributed by atoms with Gasteiger partial charge in [-0.05, 0) is 38.3 Å². The molecule has 1 saturated heterocycles. The van der Waals surface area contributed by atoms with Gasteiger partial charge in [0.2, 0.25) is 0 Å². The normalized spacial score (nSPS) is 23.8. The maximum atomic E-state index is 12.8. The van der Waals surface area contributed by atoms with Gasteiger partial charge in [0.05, 0.1) is 9.90 Å². The highest BCUT2D eigenvalue weighted by Crippen LogP contribution is 2.39. The van der Waals surface area contributed by atoms with Gasteiger partial charge in [0.15, 0.2) is 5.78 Å². The van der Waals surface area contributed by atoms with Crippen LogP contribution in [0, 0.1) is 18.3 Å². The maximum Gasteiger partial charge on any atom is 0.180 e. The molecule has 2 heterocycles. The summed E-state index contributed by atoms with van der Waals surface area (Å²) in [6, 6.07) is 1.84. The lowest BCUT2D eigenvalue weighted by Gasteiger charge is -2.28. The number of halogens is 1. The Balaban J connectivity index is 2.28. The number of hydrogen-bond acceptors (Lipinski definition) is 3. The Bertz CT molecular complexity index is 427. The van der Waals surface area contributed by atoms with Gasteiger partial charge in [-0.25, -0.2) is 0 Å². The maximum absolute atomic E-state index is 12.8. The molecule has 2 nitrogen and oxygen atoms in total. The summed E-state index contributed by atoms with van der Waals surface area (Å²) in [5.74, 6) is 0.812. The molecule has 2 rings (SSSR count). The fourth-order valence-corrected chi connectivity index (χ4v) is 4.08. The summed E-state index contributed by atoms with van der Waals surface area (Å²) in [6.45, 7) is 8.07. The number of carbonyl (C=O) groups excluding carboxylic acids is 1. The highest BCUT2D eigenvalue weighted by Gasteiger charge is 2.42. The number of aryl methyl sites for hydroxylation is 1. The number of nitrogens with one attached hydrogen (secondary N) is 1. The van der Waals surface area contributed by atoms with Crippen molar-refractivity contribution in [3.63, 3.8) is 0 Å². The molecule has 0 radical (unpaired) electrons. The van der Waals surface area contributed by atoms with Crippen LogP contribution in [0.15, 0.2) is 6.07 Å². The first kappa shape index (κ1) is 14.0. The standard InChI is InChI=1S/C14H20ClNOS/c1-9(2)7-14(4-5-16-8-14)13(17)12-6-11(15)10(3)18-12/h6,9,16H,4-5,7-8H2,1-3H3. The van der Waals surface area contributed by atoms with Crippen molar-refractivity contribution in [3.8, 4) is 0 Å². The number of hydrogen-bond donors (Lipinski definition) is 1. The lowest BCUT2D eigenvalue weighted by molar-refractivity contribution is 0.0787. The molecule has 1 aliphatic rings. The minimum Gasteiger partial charge on any atom is -0.316 e. The Labute approximate surface area is 118 Å². The zero-order valence-corrected chi connectivity index (χ0v) is 12.8. The van der Waals surface area contributed by atoms with E-state index in [9.17, 15) is 4.79 Å². The second-order valence-corrected chi connectivity index (χ2v) is 7.31. The monoisotopic (exact) mass is 285 g/mol. The molecule has 18 heavy (non-hydrogen) atoms. The van der Waals surface area contributed by atoms with Crippen LogP contribution in [-0.2, 0) is 0 Å². The van der Waals surface area contributed by atoms with Gasteiger partial charge in [-0.3, -0.25) is 4.79 Å². The van der Waals surface area contributed by atoms with Crippen LogP contribution in [0.25, 0.3) is 0 Å². The number of carbonyl (C=O) groups is 1. The molecule has 0 bridgehead atoms. The largest absolute Gasteiger partial charge is 0.316 e. The van der Waals surface area contributed by atoms with Crippen LogP contribution in [-0.4, -0.2) is 18.9 Å². The zero-order chi connectivity index (χ0) is 13.3. The van der Waals surface area contributed by atoms with Crippen molar-refractivity contribution in [1.82, 2.24) is 5.32 Å².